The summed E-state index contributed by atoms with van der Waals surface area (Å²) in [5.41, 5.74) is 0.0812. The molecule has 102 valence electrons. The first kappa shape index (κ1) is 12.2. The molecule has 0 aliphatic heterocycles. The molecule has 1 N–H and O–H groups in total. The minimum Gasteiger partial charge on any atom is -0.368 e. The fourth-order valence-electron chi connectivity index (χ4n) is 1.98. The molecule has 1 aliphatic rings. The molecule has 0 saturated heterocycles. The third kappa shape index (κ3) is 2.34. The quantitative estimate of drug-likeness (QED) is 0.930. The zero-order valence-corrected chi connectivity index (χ0v) is 10.1. The van der Waals surface area contributed by atoms with Crippen LogP contribution in [0.2, 0.25) is 0 Å². The molecule has 19 heavy (non-hydrogen) atoms. The standard InChI is InChI=1S/C11H12F3N5/c1-6-4-7(6)5-15-8-2-3-9-16-17-10(11(12,13)14)19(9)18-8/h2-3,6-7H,4-5H2,1H3,(H,15,18)/t6-,7+/m0/s1. The van der Waals surface area contributed by atoms with Crippen molar-refractivity contribution in [3.63, 3.8) is 0 Å². The van der Waals surface area contributed by atoms with Gasteiger partial charge in [0.2, 0.25) is 0 Å². The lowest BCUT2D eigenvalue weighted by Crippen LogP contribution is -2.14. The van der Waals surface area contributed by atoms with E-state index in [9.17, 15) is 13.2 Å². The van der Waals surface area contributed by atoms with Crippen LogP contribution >= 0.6 is 0 Å². The second-order valence-corrected chi connectivity index (χ2v) is 4.86. The summed E-state index contributed by atoms with van der Waals surface area (Å²) in [6, 6.07) is 3.07. The highest BCUT2D eigenvalue weighted by Gasteiger charge is 2.37. The average Bonchev–Trinajstić information content (AvgIpc) is 2.88. The van der Waals surface area contributed by atoms with Crippen LogP contribution in [0, 0.1) is 11.8 Å². The van der Waals surface area contributed by atoms with E-state index in [-0.39, 0.29) is 5.65 Å². The lowest BCUT2D eigenvalue weighted by atomic mass is 10.3. The highest BCUT2D eigenvalue weighted by Crippen LogP contribution is 2.37. The summed E-state index contributed by atoms with van der Waals surface area (Å²) in [7, 11) is 0. The van der Waals surface area contributed by atoms with E-state index in [1.54, 1.807) is 6.07 Å². The van der Waals surface area contributed by atoms with E-state index in [0.717, 1.165) is 17.5 Å². The van der Waals surface area contributed by atoms with Crippen LogP contribution < -0.4 is 5.32 Å². The minimum atomic E-state index is -4.56. The highest BCUT2D eigenvalue weighted by molar-refractivity contribution is 5.44. The van der Waals surface area contributed by atoms with Crippen molar-refractivity contribution >= 4 is 11.5 Å². The summed E-state index contributed by atoms with van der Waals surface area (Å²) in [5.74, 6) is 0.556. The van der Waals surface area contributed by atoms with Crippen molar-refractivity contribution in [3.05, 3.63) is 18.0 Å². The Morgan fingerprint density at radius 3 is 2.74 bits per heavy atom. The molecular formula is C11H12F3N5. The normalized spacial score (nSPS) is 22.7. The van der Waals surface area contributed by atoms with Gasteiger partial charge < -0.3 is 5.32 Å². The molecule has 5 nitrogen and oxygen atoms in total. The van der Waals surface area contributed by atoms with E-state index in [0.29, 0.717) is 17.7 Å². The molecule has 0 bridgehead atoms. The van der Waals surface area contributed by atoms with Crippen molar-refractivity contribution in [3.8, 4) is 0 Å². The number of hydrogen-bond donors (Lipinski definition) is 1. The Morgan fingerprint density at radius 2 is 2.11 bits per heavy atom. The topological polar surface area (TPSA) is 55.1 Å². The molecule has 0 unspecified atom stereocenters. The Balaban J connectivity index is 1.86. The lowest BCUT2D eigenvalue weighted by Gasteiger charge is -2.06. The first-order chi connectivity index (χ1) is 8.95. The molecule has 2 atom stereocenters. The largest absolute Gasteiger partial charge is 0.453 e. The zero-order valence-electron chi connectivity index (χ0n) is 10.1. The molecule has 2 aromatic rings. The maximum Gasteiger partial charge on any atom is 0.453 e. The Hall–Kier alpha value is -1.86. The van der Waals surface area contributed by atoms with Gasteiger partial charge in [0, 0.05) is 6.54 Å². The highest BCUT2D eigenvalue weighted by atomic mass is 19.4. The van der Waals surface area contributed by atoms with Gasteiger partial charge in [-0.15, -0.1) is 15.3 Å². The Bertz CT molecular complexity index is 606. The van der Waals surface area contributed by atoms with Crippen molar-refractivity contribution in [1.82, 2.24) is 19.8 Å². The number of hydrogen-bond acceptors (Lipinski definition) is 4. The molecule has 2 heterocycles. The number of nitrogens with one attached hydrogen (secondary N) is 1. The third-order valence-electron chi connectivity index (χ3n) is 3.34. The van der Waals surface area contributed by atoms with E-state index in [1.165, 1.54) is 6.07 Å². The van der Waals surface area contributed by atoms with Crippen molar-refractivity contribution in [2.24, 2.45) is 11.8 Å². The van der Waals surface area contributed by atoms with E-state index >= 15 is 0 Å². The smallest absolute Gasteiger partial charge is 0.368 e. The number of aromatic nitrogens is 4. The molecule has 1 aliphatic carbocycles. The van der Waals surface area contributed by atoms with Crippen molar-refractivity contribution in [2.45, 2.75) is 19.5 Å². The first-order valence-electron chi connectivity index (χ1n) is 5.98. The van der Waals surface area contributed by atoms with Gasteiger partial charge in [0.1, 0.15) is 5.82 Å². The third-order valence-corrected chi connectivity index (χ3v) is 3.34. The predicted octanol–water partition coefficient (Wildman–Crippen LogP) is 2.21. The van der Waals surface area contributed by atoms with E-state index in [1.807, 2.05) is 0 Å². The summed E-state index contributed by atoms with van der Waals surface area (Å²) in [4.78, 5) is 0. The summed E-state index contributed by atoms with van der Waals surface area (Å²) in [6.45, 7) is 2.87. The van der Waals surface area contributed by atoms with Gasteiger partial charge >= 0.3 is 6.18 Å². The first-order valence-corrected chi connectivity index (χ1v) is 5.98. The van der Waals surface area contributed by atoms with Crippen LogP contribution in [0.1, 0.15) is 19.2 Å². The summed E-state index contributed by atoms with van der Waals surface area (Å²) in [5, 5.41) is 13.5. The summed E-state index contributed by atoms with van der Waals surface area (Å²) < 4.78 is 38.7. The molecule has 1 fully saturated rings. The minimum absolute atomic E-state index is 0.0812. The fraction of sp³-hybridized carbons (Fsp3) is 0.545. The number of anilines is 1. The second-order valence-electron chi connectivity index (χ2n) is 4.86. The molecule has 0 aromatic carbocycles. The molecule has 3 rings (SSSR count). The number of fused-ring (bicyclic) bond motifs is 1. The molecule has 1 saturated carbocycles. The van der Waals surface area contributed by atoms with Crippen LogP contribution in [-0.2, 0) is 6.18 Å². The number of rotatable bonds is 3. The number of nitrogens with zero attached hydrogens (tertiary/aromatic N) is 4. The van der Waals surface area contributed by atoms with Gasteiger partial charge in [-0.3, -0.25) is 0 Å². The lowest BCUT2D eigenvalue weighted by molar-refractivity contribution is -0.146. The van der Waals surface area contributed by atoms with Gasteiger partial charge in [0.05, 0.1) is 0 Å². The molecular weight excluding hydrogens is 259 g/mol. The Kier molecular flexibility index (Phi) is 2.61. The average molecular weight is 271 g/mol. The number of alkyl halides is 3. The van der Waals surface area contributed by atoms with Crippen LogP contribution in [0.15, 0.2) is 12.1 Å². The van der Waals surface area contributed by atoms with Gasteiger partial charge in [-0.05, 0) is 30.4 Å². The van der Waals surface area contributed by atoms with Crippen LogP contribution in [0.5, 0.6) is 0 Å². The van der Waals surface area contributed by atoms with E-state index < -0.39 is 12.0 Å². The number of halogens is 3. The fourth-order valence-corrected chi connectivity index (χ4v) is 1.98. The van der Waals surface area contributed by atoms with E-state index in [2.05, 4.69) is 27.5 Å². The summed E-state index contributed by atoms with van der Waals surface area (Å²) >= 11 is 0. The van der Waals surface area contributed by atoms with Crippen molar-refractivity contribution in [1.29, 1.82) is 0 Å². The monoisotopic (exact) mass is 271 g/mol. The van der Waals surface area contributed by atoms with Gasteiger partial charge in [-0.1, -0.05) is 6.92 Å². The van der Waals surface area contributed by atoms with Crippen LogP contribution in [-0.4, -0.2) is 26.4 Å². The molecule has 2 aromatic heterocycles. The van der Waals surface area contributed by atoms with Gasteiger partial charge in [0.25, 0.3) is 5.82 Å². The van der Waals surface area contributed by atoms with Crippen molar-refractivity contribution in [2.75, 3.05) is 11.9 Å². The Morgan fingerprint density at radius 1 is 1.37 bits per heavy atom. The molecule has 8 heteroatoms. The summed E-state index contributed by atoms with van der Waals surface area (Å²) in [6.07, 6.45) is -3.41. The van der Waals surface area contributed by atoms with E-state index in [4.69, 9.17) is 0 Å². The van der Waals surface area contributed by atoms with Crippen LogP contribution in [0.25, 0.3) is 5.65 Å². The second kappa shape index (κ2) is 4.07. The van der Waals surface area contributed by atoms with Crippen LogP contribution in [0.3, 0.4) is 0 Å². The van der Waals surface area contributed by atoms with Crippen LogP contribution in [0.4, 0.5) is 19.0 Å². The molecule has 0 spiro atoms. The van der Waals surface area contributed by atoms with Crippen molar-refractivity contribution < 1.29 is 13.2 Å². The van der Waals surface area contributed by atoms with Gasteiger partial charge in [-0.2, -0.15) is 17.7 Å². The zero-order chi connectivity index (χ0) is 13.6. The molecule has 0 radical (unpaired) electrons. The SMILES string of the molecule is C[C@H]1C[C@@H]1CNc1ccc2nnc(C(F)(F)F)n2n1. The molecule has 0 amide bonds. The Labute approximate surface area is 106 Å². The van der Waals surface area contributed by atoms with Gasteiger partial charge in [-0.25, -0.2) is 0 Å². The maximum atomic E-state index is 12.7. The van der Waals surface area contributed by atoms with Gasteiger partial charge in [0.15, 0.2) is 5.65 Å². The predicted molar refractivity (Wildman–Crippen MR) is 61.5 cm³/mol. The maximum absolute atomic E-state index is 12.7.